The Bertz CT molecular complexity index is 680. The van der Waals surface area contributed by atoms with Crippen LogP contribution < -0.4 is 12.4 Å². The molecular weight excluding hydrogens is 547 g/mol. The molecule has 3 rings (SSSR count). The third kappa shape index (κ3) is 17.9. The number of methoxy groups -OCH3 is 1. The molecule has 0 aromatic heterocycles. The van der Waals surface area contributed by atoms with Crippen molar-refractivity contribution in [3.05, 3.63) is 74.5 Å². The molecule has 32 heavy (non-hydrogen) atoms. The number of rotatable bonds is 2. The second kappa shape index (κ2) is 22.2. The third-order valence-corrected chi connectivity index (χ3v) is 3.69. The van der Waals surface area contributed by atoms with Crippen molar-refractivity contribution in [3.63, 3.8) is 0 Å². The Morgan fingerprint density at radius 3 is 1.56 bits per heavy atom. The maximum absolute atomic E-state index is 10.8. The summed E-state index contributed by atoms with van der Waals surface area (Å²) in [5.41, 5.74) is 0.411. The number of ether oxygens (including phenoxy) is 2. The molecule has 0 spiro atoms. The van der Waals surface area contributed by atoms with Crippen molar-refractivity contribution in [3.8, 4) is 11.5 Å². The number of carbonyl (C=O) groups is 1. The smallest absolute Gasteiger partial charge is 2.00 e. The maximum Gasteiger partial charge on any atom is 2.00 e. The molecule has 0 unspecified atom stereocenters. The summed E-state index contributed by atoms with van der Waals surface area (Å²) in [6, 6.07) is 12.4. The van der Waals surface area contributed by atoms with Gasteiger partial charge in [-0.05, 0) is 68.7 Å². The largest absolute Gasteiger partial charge is 2.00 e. The zero-order valence-electron chi connectivity index (χ0n) is 19.1. The van der Waals surface area contributed by atoms with Crippen molar-refractivity contribution >= 4 is 54.9 Å². The molecule has 0 atom stereocenters. The van der Waals surface area contributed by atoms with Crippen LogP contribution in [-0.4, -0.2) is 90.5 Å². The van der Waals surface area contributed by atoms with E-state index in [-0.39, 0.29) is 87.7 Å². The molecule has 0 amide bonds. The summed E-state index contributed by atoms with van der Waals surface area (Å²) >= 11 is 0. The SMILES string of the molecule is C1CCOC1.CC(C)(O)c1ccc(O)cc1.COC(=O)c1ccc(O)cc1.[CH3-].[CH3-].[Cl-].[InH4-].[Mg+2]. The van der Waals surface area contributed by atoms with E-state index in [2.05, 4.69) is 4.74 Å². The summed E-state index contributed by atoms with van der Waals surface area (Å²) in [6.45, 7) is 5.42. The van der Waals surface area contributed by atoms with Crippen molar-refractivity contribution in [1.82, 2.24) is 0 Å². The topological polar surface area (TPSA) is 96.2 Å². The number of carbonyl (C=O) groups excluding carboxylic acids is 1. The Hall–Kier alpha value is -0.644. The van der Waals surface area contributed by atoms with Crippen LogP contribution in [0.5, 0.6) is 11.5 Å². The summed E-state index contributed by atoms with van der Waals surface area (Å²) in [4.78, 5) is 10.8. The minimum Gasteiger partial charge on any atom is 2.00 e. The number of hydrogen-bond donors (Lipinski definition) is 3. The van der Waals surface area contributed by atoms with Gasteiger partial charge in [0.2, 0.25) is 0 Å². The first-order valence-electron chi connectivity index (χ1n) is 8.71. The average molecular weight is 585 g/mol. The Labute approximate surface area is 234 Å². The van der Waals surface area contributed by atoms with Crippen LogP contribution in [-0.2, 0) is 15.1 Å². The quantitative estimate of drug-likeness (QED) is 0.254. The minimum atomic E-state index is -0.826. The van der Waals surface area contributed by atoms with Gasteiger partial charge in [0.25, 0.3) is 0 Å². The van der Waals surface area contributed by atoms with Crippen molar-refractivity contribution in [2.75, 3.05) is 20.3 Å². The van der Waals surface area contributed by atoms with E-state index in [0.29, 0.717) is 5.56 Å². The van der Waals surface area contributed by atoms with Crippen LogP contribution in [0.25, 0.3) is 0 Å². The van der Waals surface area contributed by atoms with E-state index < -0.39 is 11.6 Å². The number of aliphatic hydroxyl groups is 1. The van der Waals surface area contributed by atoms with E-state index in [0.717, 1.165) is 18.8 Å². The van der Waals surface area contributed by atoms with Gasteiger partial charge in [0.1, 0.15) is 11.5 Å². The molecule has 0 radical (unpaired) electrons. The number of aromatic hydroxyl groups is 2. The fourth-order valence-electron chi connectivity index (χ4n) is 2.09. The Kier molecular flexibility index (Phi) is 28.8. The monoisotopic (exact) mass is 584 g/mol. The predicted octanol–water partition coefficient (Wildman–Crippen LogP) is -0.333. The van der Waals surface area contributed by atoms with Crippen molar-refractivity contribution in [1.29, 1.82) is 0 Å². The van der Waals surface area contributed by atoms with Gasteiger partial charge in [-0.2, -0.15) is 0 Å². The fourth-order valence-corrected chi connectivity index (χ4v) is 2.09. The molecule has 0 saturated carbocycles. The Morgan fingerprint density at radius 1 is 0.906 bits per heavy atom. The molecule has 0 aliphatic carbocycles. The Balaban J connectivity index is -0.000000111. The Morgan fingerprint density at radius 2 is 1.28 bits per heavy atom. The van der Waals surface area contributed by atoms with Crippen LogP contribution in [0.4, 0.5) is 0 Å². The average Bonchev–Trinajstić information content (AvgIpc) is 3.22. The first-order valence-corrected chi connectivity index (χ1v) is 8.71. The molecule has 1 aliphatic heterocycles. The first-order chi connectivity index (χ1) is 12.7. The van der Waals surface area contributed by atoms with E-state index >= 15 is 0 Å². The van der Waals surface area contributed by atoms with E-state index in [9.17, 15) is 9.90 Å². The molecule has 1 fully saturated rings. The molecule has 1 heterocycles. The number of phenolic OH excluding ortho intramolecular Hbond substituents is 2. The van der Waals surface area contributed by atoms with Crippen molar-refractivity contribution in [2.24, 2.45) is 0 Å². The molecule has 3 N–H and O–H groups in total. The molecule has 9 heteroatoms. The number of benzene rings is 2. The van der Waals surface area contributed by atoms with Gasteiger partial charge >= 0.3 is 54.9 Å². The third-order valence-electron chi connectivity index (χ3n) is 3.69. The number of esters is 1. The van der Waals surface area contributed by atoms with Gasteiger partial charge in [0.05, 0.1) is 18.3 Å². The zero-order chi connectivity index (χ0) is 20.3. The van der Waals surface area contributed by atoms with Crippen LogP contribution in [0.1, 0.15) is 42.6 Å². The summed E-state index contributed by atoms with van der Waals surface area (Å²) < 4.78 is 9.40. The van der Waals surface area contributed by atoms with Gasteiger partial charge < -0.3 is 52.1 Å². The fraction of sp³-hybridized carbons (Fsp3) is 0.348. The van der Waals surface area contributed by atoms with Gasteiger partial charge in [0.15, 0.2) is 0 Å². The molecule has 1 saturated heterocycles. The second-order valence-corrected chi connectivity index (χ2v) is 6.46. The van der Waals surface area contributed by atoms with Gasteiger partial charge in [-0.1, -0.05) is 12.1 Å². The predicted molar refractivity (Wildman–Crippen MR) is 133 cm³/mol. The number of hydrogen-bond acceptors (Lipinski definition) is 6. The normalized spacial score (nSPS) is 10.9. The van der Waals surface area contributed by atoms with Crippen LogP contribution in [0.3, 0.4) is 0 Å². The van der Waals surface area contributed by atoms with Crippen molar-refractivity contribution < 1.29 is 42.0 Å². The van der Waals surface area contributed by atoms with E-state index in [1.54, 1.807) is 38.1 Å². The zero-order valence-corrected chi connectivity index (χ0v) is 21.3. The summed E-state index contributed by atoms with van der Waals surface area (Å²) in [5.74, 6) is -0.0411. The molecule has 1 aliphatic rings. The minimum absolute atomic E-state index is 0. The molecular formula is C23H38ClInMgO6-2. The van der Waals surface area contributed by atoms with E-state index in [4.69, 9.17) is 14.9 Å². The second-order valence-electron chi connectivity index (χ2n) is 6.46. The molecule has 6 nitrogen and oxygen atoms in total. The maximum atomic E-state index is 10.8. The number of halogens is 1. The first kappa shape index (κ1) is 41.6. The van der Waals surface area contributed by atoms with Gasteiger partial charge in [-0.25, -0.2) is 4.79 Å². The van der Waals surface area contributed by atoms with Gasteiger partial charge in [0, 0.05) is 13.2 Å². The molecule has 2 aromatic rings. The summed E-state index contributed by atoms with van der Waals surface area (Å²) in [5, 5.41) is 27.3. The van der Waals surface area contributed by atoms with E-state index in [1.807, 2.05) is 0 Å². The molecule has 180 valence electrons. The molecule has 0 bridgehead atoms. The molecule has 2 aromatic carbocycles. The number of phenols is 2. The standard InChI is InChI=1S/C9H12O2.C8H8O3.C4H8O.2CH3.ClH.In.Mg.4H/c1-9(2,11)7-3-5-8(10)6-4-7;1-11-8(10)6-2-4-7(9)5-3-6;1-2-4-5-3-1;;;;;;;;;/h3-6,10-11H,1-2H3;2-5,9H,1H3;1-4H2;2*1H3;1H;;;;;;/q;;;2*-1;;-1;+2;;;;/p-1. The van der Waals surface area contributed by atoms with Crippen LogP contribution in [0.2, 0.25) is 0 Å². The van der Waals surface area contributed by atoms with E-state index in [1.165, 1.54) is 44.2 Å². The van der Waals surface area contributed by atoms with Gasteiger partial charge in [-0.15, -0.1) is 0 Å². The van der Waals surface area contributed by atoms with Gasteiger partial charge in [-0.3, -0.25) is 0 Å². The summed E-state index contributed by atoms with van der Waals surface area (Å²) in [7, 11) is 1.31. The van der Waals surface area contributed by atoms with Crippen LogP contribution in [0.15, 0.2) is 48.5 Å². The van der Waals surface area contributed by atoms with Crippen LogP contribution in [0, 0.1) is 14.9 Å². The van der Waals surface area contributed by atoms with Crippen LogP contribution >= 0.6 is 0 Å². The summed E-state index contributed by atoms with van der Waals surface area (Å²) in [6.07, 6.45) is 2.56. The van der Waals surface area contributed by atoms with Crippen molar-refractivity contribution in [2.45, 2.75) is 32.3 Å².